The van der Waals surface area contributed by atoms with Gasteiger partial charge in [0.25, 0.3) is 0 Å². The quantitative estimate of drug-likeness (QED) is 0.0465. The first-order chi connectivity index (χ1) is 16.7. The van der Waals surface area contributed by atoms with Gasteiger partial charge in [-0.05, 0) is 43.9 Å². The molecule has 0 amide bonds. The van der Waals surface area contributed by atoms with Gasteiger partial charge >= 0.3 is 41.5 Å². The molecule has 36 heavy (non-hydrogen) atoms. The van der Waals surface area contributed by atoms with Gasteiger partial charge in [-0.25, -0.2) is 4.79 Å². The van der Waals surface area contributed by atoms with Gasteiger partial charge in [-0.3, -0.25) is 4.79 Å². The van der Waals surface area contributed by atoms with Gasteiger partial charge in [-0.15, -0.1) is 0 Å². The Hall–Kier alpha value is -0.120. The predicted octanol–water partition coefficient (Wildman–Crippen LogP) is 7.48. The SMILES string of the molecule is CCCCCCCCCCCC(=O)OC(=O)/C=C(\C)CCC[C@H](C)CCC[C@H](C)CCCC(C)C.[H-].[Na+]. The topological polar surface area (TPSA) is 43.4 Å². The summed E-state index contributed by atoms with van der Waals surface area (Å²) in [5, 5.41) is 0. The van der Waals surface area contributed by atoms with Crippen molar-refractivity contribution in [2.45, 2.75) is 164 Å². The molecular formula is C32H61NaO3. The van der Waals surface area contributed by atoms with E-state index in [1.54, 1.807) is 0 Å². The number of carbonyl (C=O) groups excluding carboxylic acids is 2. The Kier molecular flexibility index (Phi) is 28.0. The summed E-state index contributed by atoms with van der Waals surface area (Å²) in [5.41, 5.74) is 1.01. The van der Waals surface area contributed by atoms with Crippen molar-refractivity contribution >= 4 is 11.9 Å². The van der Waals surface area contributed by atoms with E-state index in [1.807, 2.05) is 6.92 Å². The van der Waals surface area contributed by atoms with Crippen LogP contribution in [0.3, 0.4) is 0 Å². The number of hydrogen-bond donors (Lipinski definition) is 0. The molecule has 0 saturated heterocycles. The minimum absolute atomic E-state index is 0. The van der Waals surface area contributed by atoms with Gasteiger partial charge in [-0.1, -0.05) is 137 Å². The monoisotopic (exact) mass is 516 g/mol. The smallest absolute Gasteiger partial charge is 1.00 e. The standard InChI is InChI=1S/C32H60O3.Na.H/c1-7-8-9-10-11-12-13-14-15-25-31(33)35-32(34)26-30(6)24-18-23-29(5)22-17-21-28(4)20-16-19-27(2)3;;/h26-29H,7-25H2,1-6H3;;/q;+1;-1/b30-26+;;/t28-,29-;;/m1../s1. The second-order valence-electron chi connectivity index (χ2n) is 11.7. The van der Waals surface area contributed by atoms with E-state index in [-0.39, 0.29) is 37.0 Å². The Morgan fingerprint density at radius 3 is 1.67 bits per heavy atom. The van der Waals surface area contributed by atoms with Crippen molar-refractivity contribution in [2.75, 3.05) is 0 Å². The summed E-state index contributed by atoms with van der Waals surface area (Å²) in [6.45, 7) is 13.6. The maximum atomic E-state index is 12.0. The molecule has 0 aromatic carbocycles. The molecule has 0 unspecified atom stereocenters. The van der Waals surface area contributed by atoms with Crippen LogP contribution in [0.5, 0.6) is 0 Å². The maximum Gasteiger partial charge on any atom is 1.00 e. The normalized spacial score (nSPS) is 13.4. The van der Waals surface area contributed by atoms with Crippen LogP contribution in [-0.2, 0) is 14.3 Å². The number of ether oxygens (including phenoxy) is 1. The summed E-state index contributed by atoms with van der Waals surface area (Å²) in [6, 6.07) is 0. The van der Waals surface area contributed by atoms with Gasteiger partial charge in [0.1, 0.15) is 0 Å². The van der Waals surface area contributed by atoms with Gasteiger partial charge in [0.2, 0.25) is 0 Å². The van der Waals surface area contributed by atoms with Crippen LogP contribution >= 0.6 is 0 Å². The zero-order chi connectivity index (χ0) is 26.3. The van der Waals surface area contributed by atoms with Crippen LogP contribution in [0.25, 0.3) is 0 Å². The molecule has 0 fully saturated rings. The Morgan fingerprint density at radius 2 is 1.14 bits per heavy atom. The van der Waals surface area contributed by atoms with Crippen molar-refractivity contribution in [3.8, 4) is 0 Å². The van der Waals surface area contributed by atoms with Crippen molar-refractivity contribution in [3.63, 3.8) is 0 Å². The molecular weight excluding hydrogens is 455 g/mol. The molecule has 2 atom stereocenters. The Balaban J connectivity index is -0.00000578. The number of hydrogen-bond acceptors (Lipinski definition) is 3. The first-order valence-corrected chi connectivity index (χ1v) is 15.2. The molecule has 0 aromatic heterocycles. The van der Waals surface area contributed by atoms with E-state index >= 15 is 0 Å². The fourth-order valence-electron chi connectivity index (χ4n) is 4.75. The molecule has 0 radical (unpaired) electrons. The Labute approximate surface area is 249 Å². The van der Waals surface area contributed by atoms with Gasteiger partial charge in [0.15, 0.2) is 0 Å². The number of allylic oxidation sites excluding steroid dienone is 1. The number of rotatable bonds is 23. The van der Waals surface area contributed by atoms with Gasteiger partial charge in [0, 0.05) is 12.5 Å². The van der Waals surface area contributed by atoms with Crippen LogP contribution in [0.15, 0.2) is 11.6 Å². The van der Waals surface area contributed by atoms with Crippen LogP contribution < -0.4 is 29.6 Å². The molecule has 0 rings (SSSR count). The molecule has 0 bridgehead atoms. The average molecular weight is 517 g/mol. The van der Waals surface area contributed by atoms with E-state index in [1.165, 1.54) is 96.0 Å². The van der Waals surface area contributed by atoms with Crippen LogP contribution in [-0.4, -0.2) is 11.9 Å². The largest absolute Gasteiger partial charge is 1.00 e. The summed E-state index contributed by atoms with van der Waals surface area (Å²) in [5.74, 6) is 1.53. The van der Waals surface area contributed by atoms with E-state index in [9.17, 15) is 9.59 Å². The van der Waals surface area contributed by atoms with Gasteiger partial charge in [0.05, 0.1) is 0 Å². The van der Waals surface area contributed by atoms with Crippen molar-refractivity contribution in [2.24, 2.45) is 17.8 Å². The molecule has 4 heteroatoms. The number of carbonyl (C=O) groups is 2. The molecule has 0 aromatic rings. The number of esters is 2. The maximum absolute atomic E-state index is 12.0. The van der Waals surface area contributed by atoms with Crippen molar-refractivity contribution in [1.82, 2.24) is 0 Å². The molecule has 0 aliphatic carbocycles. The van der Waals surface area contributed by atoms with Gasteiger partial charge < -0.3 is 6.16 Å². The van der Waals surface area contributed by atoms with Gasteiger partial charge in [-0.2, -0.15) is 0 Å². The third kappa shape index (κ3) is 26.9. The summed E-state index contributed by atoms with van der Waals surface area (Å²) in [6.07, 6.45) is 24.0. The third-order valence-corrected chi connectivity index (χ3v) is 7.20. The predicted molar refractivity (Wildman–Crippen MR) is 153 cm³/mol. The van der Waals surface area contributed by atoms with Crippen LogP contribution in [0.2, 0.25) is 0 Å². The molecule has 0 saturated carbocycles. The molecule has 0 aliphatic heterocycles. The molecule has 0 heterocycles. The summed E-state index contributed by atoms with van der Waals surface area (Å²) in [4.78, 5) is 23.9. The zero-order valence-corrected chi connectivity index (χ0v) is 27.5. The van der Waals surface area contributed by atoms with Crippen molar-refractivity contribution in [3.05, 3.63) is 11.6 Å². The minimum Gasteiger partial charge on any atom is -1.00 e. The van der Waals surface area contributed by atoms with E-state index in [4.69, 9.17) is 4.74 Å². The van der Waals surface area contributed by atoms with Crippen LogP contribution in [0.4, 0.5) is 0 Å². The molecule has 208 valence electrons. The van der Waals surface area contributed by atoms with E-state index in [2.05, 4.69) is 34.6 Å². The Morgan fingerprint density at radius 1 is 0.667 bits per heavy atom. The molecule has 3 nitrogen and oxygen atoms in total. The van der Waals surface area contributed by atoms with Crippen molar-refractivity contribution in [1.29, 1.82) is 0 Å². The Bertz CT molecular complexity index is 562. The minimum atomic E-state index is -0.497. The summed E-state index contributed by atoms with van der Waals surface area (Å²) < 4.78 is 4.98. The molecule has 0 N–H and O–H groups in total. The van der Waals surface area contributed by atoms with E-state index in [0.29, 0.717) is 6.42 Å². The average Bonchev–Trinajstić information content (AvgIpc) is 2.77. The summed E-state index contributed by atoms with van der Waals surface area (Å²) in [7, 11) is 0. The number of unbranched alkanes of at least 4 members (excludes halogenated alkanes) is 8. The third-order valence-electron chi connectivity index (χ3n) is 7.20. The first kappa shape index (κ1) is 38.0. The fraction of sp³-hybridized carbons (Fsp3) is 0.875. The molecule has 0 spiro atoms. The van der Waals surface area contributed by atoms with Crippen LogP contribution in [0.1, 0.15) is 165 Å². The second kappa shape index (κ2) is 26.5. The second-order valence-corrected chi connectivity index (χ2v) is 11.7. The zero-order valence-electron chi connectivity index (χ0n) is 26.5. The first-order valence-electron chi connectivity index (χ1n) is 15.2. The van der Waals surface area contributed by atoms with Crippen molar-refractivity contribution < 1.29 is 45.3 Å². The summed E-state index contributed by atoms with van der Waals surface area (Å²) >= 11 is 0. The molecule has 0 aliphatic rings. The van der Waals surface area contributed by atoms with E-state index < -0.39 is 5.97 Å². The fourth-order valence-corrected chi connectivity index (χ4v) is 4.75. The van der Waals surface area contributed by atoms with Crippen LogP contribution in [0, 0.1) is 17.8 Å². The van der Waals surface area contributed by atoms with E-state index in [0.717, 1.165) is 49.0 Å².